The smallest absolute Gasteiger partial charge is 0.235 e. The summed E-state index contributed by atoms with van der Waals surface area (Å²) < 4.78 is 0. The highest BCUT2D eigenvalue weighted by Crippen LogP contribution is 2.50. The summed E-state index contributed by atoms with van der Waals surface area (Å²) in [7, 11) is 0. The fraction of sp³-hybridized carbons (Fsp3) is 0.381. The predicted octanol–water partition coefficient (Wildman–Crippen LogP) is -0.692. The minimum Gasteiger partial charge on any atom is -0.507 e. The van der Waals surface area contributed by atoms with E-state index in [1.165, 1.54) is 12.1 Å². The fourth-order valence-corrected chi connectivity index (χ4v) is 5.10. The molecule has 1 aromatic rings. The van der Waals surface area contributed by atoms with E-state index in [1.807, 2.05) is 0 Å². The van der Waals surface area contributed by atoms with E-state index < -0.39 is 58.3 Å². The summed E-state index contributed by atoms with van der Waals surface area (Å²) >= 11 is 0. The van der Waals surface area contributed by atoms with Crippen molar-refractivity contribution in [2.45, 2.75) is 24.9 Å². The van der Waals surface area contributed by atoms with Gasteiger partial charge in [-0.1, -0.05) is 5.92 Å². The van der Waals surface area contributed by atoms with E-state index in [4.69, 9.17) is 12.2 Å². The standard InChI is InChI=1S/C21H17NO7/c1-2-8-3-4-12(23)15-11(8)6-9-5-10-7-13(24)16(20(22)28)19(27)21(10,29)18(26)14(9)17(15)25/h1,3-4,9-10,14,16,23,29H,5-7H2,(H2,22,28)/t9-,10+,14?,16?,21+/m1/s1. The molecule has 3 aliphatic carbocycles. The van der Waals surface area contributed by atoms with E-state index in [9.17, 15) is 34.2 Å². The van der Waals surface area contributed by atoms with Crippen LogP contribution in [0.3, 0.4) is 0 Å². The van der Waals surface area contributed by atoms with Gasteiger partial charge in [-0.2, -0.15) is 0 Å². The Morgan fingerprint density at radius 3 is 2.48 bits per heavy atom. The van der Waals surface area contributed by atoms with Gasteiger partial charge in [-0.25, -0.2) is 0 Å². The molecule has 0 radical (unpaired) electrons. The zero-order chi connectivity index (χ0) is 21.2. The lowest BCUT2D eigenvalue weighted by atomic mass is 9.53. The van der Waals surface area contributed by atoms with Gasteiger partial charge < -0.3 is 15.9 Å². The van der Waals surface area contributed by atoms with Gasteiger partial charge in [0.05, 0.1) is 11.5 Å². The summed E-state index contributed by atoms with van der Waals surface area (Å²) in [5.41, 5.74) is 3.23. The first-order valence-corrected chi connectivity index (χ1v) is 9.11. The molecule has 0 bridgehead atoms. The summed E-state index contributed by atoms with van der Waals surface area (Å²) in [6.07, 6.45) is 5.34. The van der Waals surface area contributed by atoms with Crippen LogP contribution >= 0.6 is 0 Å². The van der Waals surface area contributed by atoms with Gasteiger partial charge in [0, 0.05) is 17.9 Å². The number of aromatic hydroxyl groups is 1. The molecule has 2 fully saturated rings. The molecule has 1 amide bonds. The van der Waals surface area contributed by atoms with Gasteiger partial charge in [0.15, 0.2) is 34.7 Å². The maximum atomic E-state index is 13.2. The highest BCUT2D eigenvalue weighted by molar-refractivity contribution is 6.31. The number of nitrogens with two attached hydrogens (primary N) is 1. The molecule has 0 aliphatic heterocycles. The van der Waals surface area contributed by atoms with Gasteiger partial charge in [-0.15, -0.1) is 6.42 Å². The van der Waals surface area contributed by atoms with Crippen LogP contribution in [0.5, 0.6) is 5.75 Å². The molecule has 0 spiro atoms. The fourth-order valence-electron chi connectivity index (χ4n) is 5.10. The Kier molecular flexibility index (Phi) is 4.00. The summed E-state index contributed by atoms with van der Waals surface area (Å²) in [6.45, 7) is 0. The number of amides is 1. The number of fused-ring (bicyclic) bond motifs is 3. The molecule has 1 aromatic carbocycles. The SMILES string of the molecule is C#Cc1ccc(O)c2c1C[C@H]1C[C@H]3CC(=O)C(C(N)=O)C(=O)[C@@]3(O)C(=O)C1C2=O. The van der Waals surface area contributed by atoms with Crippen molar-refractivity contribution in [2.24, 2.45) is 29.4 Å². The van der Waals surface area contributed by atoms with Gasteiger partial charge >= 0.3 is 0 Å². The van der Waals surface area contributed by atoms with Crippen molar-refractivity contribution < 1.29 is 34.2 Å². The van der Waals surface area contributed by atoms with Gasteiger partial charge in [-0.05, 0) is 36.5 Å². The first kappa shape index (κ1) is 19.0. The summed E-state index contributed by atoms with van der Waals surface area (Å²) in [5.74, 6) is -7.86. The van der Waals surface area contributed by atoms with Crippen molar-refractivity contribution in [1.82, 2.24) is 0 Å². The number of primary amides is 1. The third kappa shape index (κ3) is 2.34. The number of hydrogen-bond donors (Lipinski definition) is 3. The Morgan fingerprint density at radius 2 is 1.86 bits per heavy atom. The van der Waals surface area contributed by atoms with E-state index in [0.29, 0.717) is 11.1 Å². The number of Topliss-reactive ketones (excluding diaryl/α,β-unsaturated/α-hetero) is 4. The minimum absolute atomic E-state index is 0.0424. The van der Waals surface area contributed by atoms with Crippen molar-refractivity contribution >= 4 is 29.0 Å². The summed E-state index contributed by atoms with van der Waals surface area (Å²) in [5, 5.41) is 21.2. The monoisotopic (exact) mass is 395 g/mol. The molecule has 0 saturated heterocycles. The quantitative estimate of drug-likeness (QED) is 0.420. The Labute approximate surface area is 165 Å². The van der Waals surface area contributed by atoms with E-state index >= 15 is 0 Å². The van der Waals surface area contributed by atoms with Crippen LogP contribution < -0.4 is 5.73 Å². The Morgan fingerprint density at radius 1 is 1.17 bits per heavy atom. The largest absolute Gasteiger partial charge is 0.507 e. The Bertz CT molecular complexity index is 1070. The lowest BCUT2D eigenvalue weighted by Crippen LogP contribution is -2.68. The van der Waals surface area contributed by atoms with Crippen LogP contribution in [0.4, 0.5) is 0 Å². The summed E-state index contributed by atoms with van der Waals surface area (Å²) in [4.78, 5) is 62.9. The third-order valence-corrected chi connectivity index (χ3v) is 6.44. The first-order valence-electron chi connectivity index (χ1n) is 9.11. The molecule has 0 heterocycles. The van der Waals surface area contributed by atoms with Gasteiger partial charge in [0.1, 0.15) is 5.75 Å². The molecule has 3 aliphatic rings. The van der Waals surface area contributed by atoms with Crippen LogP contribution in [0.25, 0.3) is 0 Å². The molecule has 148 valence electrons. The topological polar surface area (TPSA) is 152 Å². The second-order valence-corrected chi connectivity index (χ2v) is 7.87. The molecule has 4 rings (SSSR count). The molecular formula is C21H17NO7. The van der Waals surface area contributed by atoms with Crippen LogP contribution in [-0.4, -0.2) is 44.9 Å². The first-order chi connectivity index (χ1) is 13.6. The molecule has 4 N–H and O–H groups in total. The summed E-state index contributed by atoms with van der Waals surface area (Å²) in [6, 6.07) is 2.75. The highest BCUT2D eigenvalue weighted by atomic mass is 16.3. The molecule has 2 unspecified atom stereocenters. The number of aliphatic hydroxyl groups is 1. The molecule has 8 heteroatoms. The number of phenols is 1. The van der Waals surface area contributed by atoms with Crippen LogP contribution in [0.2, 0.25) is 0 Å². The van der Waals surface area contributed by atoms with Crippen molar-refractivity contribution in [3.05, 3.63) is 28.8 Å². The third-order valence-electron chi connectivity index (χ3n) is 6.44. The van der Waals surface area contributed by atoms with Crippen molar-refractivity contribution in [3.63, 3.8) is 0 Å². The maximum absolute atomic E-state index is 13.2. The molecule has 8 nitrogen and oxygen atoms in total. The zero-order valence-electron chi connectivity index (χ0n) is 15.2. The number of benzene rings is 1. The van der Waals surface area contributed by atoms with E-state index in [1.54, 1.807) is 0 Å². The average Bonchev–Trinajstić information content (AvgIpc) is 2.64. The average molecular weight is 395 g/mol. The second kappa shape index (κ2) is 6.09. The van der Waals surface area contributed by atoms with Crippen molar-refractivity contribution in [1.29, 1.82) is 0 Å². The normalized spacial score (nSPS) is 33.4. The maximum Gasteiger partial charge on any atom is 0.235 e. The van der Waals surface area contributed by atoms with E-state index in [-0.39, 0.29) is 30.6 Å². The highest BCUT2D eigenvalue weighted by Gasteiger charge is 2.66. The van der Waals surface area contributed by atoms with Crippen LogP contribution in [-0.2, 0) is 25.6 Å². The van der Waals surface area contributed by atoms with Gasteiger partial charge in [-0.3, -0.25) is 24.0 Å². The molecular weight excluding hydrogens is 378 g/mol. The van der Waals surface area contributed by atoms with Gasteiger partial charge in [0.25, 0.3) is 0 Å². The number of hydrogen-bond acceptors (Lipinski definition) is 7. The van der Waals surface area contributed by atoms with Crippen LogP contribution in [0, 0.1) is 36.0 Å². The van der Waals surface area contributed by atoms with Crippen molar-refractivity contribution in [3.8, 4) is 18.1 Å². The number of terminal acetylenes is 1. The van der Waals surface area contributed by atoms with Crippen LogP contribution in [0.15, 0.2) is 12.1 Å². The lowest BCUT2D eigenvalue weighted by molar-refractivity contribution is -0.175. The number of phenolic OH excluding ortho intramolecular Hbond substituents is 1. The number of rotatable bonds is 1. The van der Waals surface area contributed by atoms with Gasteiger partial charge in [0.2, 0.25) is 5.91 Å². The lowest BCUT2D eigenvalue weighted by Gasteiger charge is -2.48. The molecule has 5 atom stereocenters. The number of carbonyl (C=O) groups is 5. The van der Waals surface area contributed by atoms with Crippen LogP contribution in [0.1, 0.15) is 34.3 Å². The van der Waals surface area contributed by atoms with E-state index in [0.717, 1.165) is 0 Å². The van der Waals surface area contributed by atoms with E-state index in [2.05, 4.69) is 5.92 Å². The number of carbonyl (C=O) groups excluding carboxylic acids is 5. The Hall–Kier alpha value is -3.31. The predicted molar refractivity (Wildman–Crippen MR) is 96.4 cm³/mol. The molecule has 29 heavy (non-hydrogen) atoms. The van der Waals surface area contributed by atoms with Crippen molar-refractivity contribution in [2.75, 3.05) is 0 Å². The number of ketones is 4. The molecule has 0 aromatic heterocycles. The minimum atomic E-state index is -2.64. The zero-order valence-corrected chi connectivity index (χ0v) is 15.2. The second-order valence-electron chi connectivity index (χ2n) is 7.87. The Balaban J connectivity index is 1.83. The molecule has 2 saturated carbocycles.